The highest BCUT2D eigenvalue weighted by atomic mass is 16.5. The van der Waals surface area contributed by atoms with Crippen LogP contribution in [0.25, 0.3) is 0 Å². The number of nitrogens with one attached hydrogen (secondary N) is 1. The molecule has 1 aromatic heterocycles. The summed E-state index contributed by atoms with van der Waals surface area (Å²) in [4.78, 5) is 20.9. The standard InChI is InChI=1S/C14H21N3O3/c1-5-20-14(2,3)13-16-10-8-15-7-6-9(10)11(17-13)12(18)19-4/h15H,5-8H2,1-4H3. The Balaban J connectivity index is 2.52. The molecule has 0 saturated carbocycles. The van der Waals surface area contributed by atoms with Crippen LogP contribution in [0.15, 0.2) is 0 Å². The largest absolute Gasteiger partial charge is 0.464 e. The maximum Gasteiger partial charge on any atom is 0.357 e. The van der Waals surface area contributed by atoms with Gasteiger partial charge in [-0.3, -0.25) is 0 Å². The number of hydrogen-bond donors (Lipinski definition) is 1. The van der Waals surface area contributed by atoms with E-state index in [-0.39, 0.29) is 0 Å². The number of aromatic nitrogens is 2. The Morgan fingerprint density at radius 1 is 1.40 bits per heavy atom. The van der Waals surface area contributed by atoms with Crippen LogP contribution < -0.4 is 5.32 Å². The van der Waals surface area contributed by atoms with E-state index in [4.69, 9.17) is 9.47 Å². The normalized spacial score (nSPS) is 14.8. The van der Waals surface area contributed by atoms with Crippen molar-refractivity contribution in [2.24, 2.45) is 0 Å². The fourth-order valence-corrected chi connectivity index (χ4v) is 2.32. The Hall–Kier alpha value is -1.53. The molecule has 1 aliphatic rings. The minimum absolute atomic E-state index is 0.363. The Morgan fingerprint density at radius 2 is 2.15 bits per heavy atom. The summed E-state index contributed by atoms with van der Waals surface area (Å²) in [6.45, 7) is 7.72. The van der Waals surface area contributed by atoms with Crippen LogP contribution in [0.5, 0.6) is 0 Å². The molecule has 1 aromatic rings. The predicted molar refractivity (Wildman–Crippen MR) is 73.4 cm³/mol. The summed E-state index contributed by atoms with van der Waals surface area (Å²) in [6.07, 6.45) is 0.731. The second kappa shape index (κ2) is 5.85. The van der Waals surface area contributed by atoms with Gasteiger partial charge in [0.25, 0.3) is 0 Å². The Morgan fingerprint density at radius 3 is 2.80 bits per heavy atom. The quantitative estimate of drug-likeness (QED) is 0.834. The second-order valence-electron chi connectivity index (χ2n) is 5.18. The van der Waals surface area contributed by atoms with Crippen molar-refractivity contribution in [2.75, 3.05) is 20.3 Å². The van der Waals surface area contributed by atoms with E-state index in [1.165, 1.54) is 7.11 Å². The zero-order valence-corrected chi connectivity index (χ0v) is 12.4. The molecule has 1 aliphatic heterocycles. The van der Waals surface area contributed by atoms with E-state index in [0.29, 0.717) is 24.7 Å². The molecule has 0 bridgehead atoms. The van der Waals surface area contributed by atoms with Gasteiger partial charge < -0.3 is 14.8 Å². The molecule has 0 aromatic carbocycles. The zero-order valence-electron chi connectivity index (χ0n) is 12.4. The van der Waals surface area contributed by atoms with Crippen LogP contribution in [-0.4, -0.2) is 36.2 Å². The molecule has 0 aliphatic carbocycles. The molecular weight excluding hydrogens is 258 g/mol. The van der Waals surface area contributed by atoms with Gasteiger partial charge >= 0.3 is 5.97 Å². The first kappa shape index (κ1) is 14.9. The maximum absolute atomic E-state index is 11.9. The highest BCUT2D eigenvalue weighted by molar-refractivity contribution is 5.89. The summed E-state index contributed by atoms with van der Waals surface area (Å²) in [5.74, 6) is 0.0984. The molecule has 110 valence electrons. The van der Waals surface area contributed by atoms with Gasteiger partial charge in [-0.2, -0.15) is 0 Å². The Labute approximate surface area is 118 Å². The second-order valence-corrected chi connectivity index (χ2v) is 5.18. The summed E-state index contributed by atoms with van der Waals surface area (Å²) < 4.78 is 10.5. The summed E-state index contributed by atoms with van der Waals surface area (Å²) in [5.41, 5.74) is 1.46. The molecule has 6 nitrogen and oxygen atoms in total. The van der Waals surface area contributed by atoms with Crippen LogP contribution in [-0.2, 0) is 28.0 Å². The summed E-state index contributed by atoms with van der Waals surface area (Å²) in [5, 5.41) is 3.25. The molecule has 0 amide bonds. The number of ether oxygens (including phenoxy) is 2. The van der Waals surface area contributed by atoms with Crippen molar-refractivity contribution < 1.29 is 14.3 Å². The van der Waals surface area contributed by atoms with Crippen LogP contribution in [0.4, 0.5) is 0 Å². The van der Waals surface area contributed by atoms with Crippen LogP contribution in [0.2, 0.25) is 0 Å². The van der Waals surface area contributed by atoms with Crippen molar-refractivity contribution in [2.45, 2.75) is 39.3 Å². The number of carbonyl (C=O) groups excluding carboxylic acids is 1. The number of nitrogens with zero attached hydrogens (tertiary/aromatic N) is 2. The van der Waals surface area contributed by atoms with E-state index in [9.17, 15) is 4.79 Å². The minimum atomic E-state index is -0.635. The SMILES string of the molecule is CCOC(C)(C)c1nc2c(c(C(=O)OC)n1)CCNC2. The van der Waals surface area contributed by atoms with E-state index in [0.717, 1.165) is 24.2 Å². The molecule has 0 atom stereocenters. The van der Waals surface area contributed by atoms with E-state index in [1.54, 1.807) is 0 Å². The van der Waals surface area contributed by atoms with Gasteiger partial charge in [-0.1, -0.05) is 0 Å². The van der Waals surface area contributed by atoms with Gasteiger partial charge in [0.1, 0.15) is 5.60 Å². The monoisotopic (exact) mass is 279 g/mol. The van der Waals surface area contributed by atoms with Crippen molar-refractivity contribution in [1.82, 2.24) is 15.3 Å². The lowest BCUT2D eigenvalue weighted by Gasteiger charge is -2.26. The zero-order chi connectivity index (χ0) is 14.8. The lowest BCUT2D eigenvalue weighted by atomic mass is 10.0. The number of hydrogen-bond acceptors (Lipinski definition) is 6. The molecule has 0 spiro atoms. The van der Waals surface area contributed by atoms with Gasteiger partial charge in [0.05, 0.1) is 12.8 Å². The molecular formula is C14H21N3O3. The molecule has 0 fully saturated rings. The van der Waals surface area contributed by atoms with E-state index < -0.39 is 11.6 Å². The van der Waals surface area contributed by atoms with Crippen LogP contribution in [0.1, 0.15) is 48.3 Å². The third-order valence-electron chi connectivity index (χ3n) is 3.36. The smallest absolute Gasteiger partial charge is 0.357 e. The molecule has 0 saturated heterocycles. The molecule has 1 N–H and O–H groups in total. The molecule has 2 heterocycles. The van der Waals surface area contributed by atoms with Crippen molar-refractivity contribution in [1.29, 1.82) is 0 Å². The van der Waals surface area contributed by atoms with Crippen molar-refractivity contribution in [3.05, 3.63) is 22.8 Å². The molecule has 0 unspecified atom stereocenters. The van der Waals surface area contributed by atoms with Gasteiger partial charge in [-0.15, -0.1) is 0 Å². The molecule has 2 rings (SSSR count). The van der Waals surface area contributed by atoms with Crippen molar-refractivity contribution >= 4 is 5.97 Å². The molecule has 0 radical (unpaired) electrons. The average Bonchev–Trinajstić information content (AvgIpc) is 2.45. The Bertz CT molecular complexity index is 515. The van der Waals surface area contributed by atoms with Crippen LogP contribution >= 0.6 is 0 Å². The van der Waals surface area contributed by atoms with Gasteiger partial charge in [-0.25, -0.2) is 14.8 Å². The topological polar surface area (TPSA) is 73.3 Å². The Kier molecular flexibility index (Phi) is 4.35. The number of rotatable bonds is 4. The van der Waals surface area contributed by atoms with Gasteiger partial charge in [0.2, 0.25) is 0 Å². The van der Waals surface area contributed by atoms with Crippen molar-refractivity contribution in [3.8, 4) is 0 Å². The summed E-state index contributed by atoms with van der Waals surface area (Å²) in [7, 11) is 1.37. The van der Waals surface area contributed by atoms with E-state index in [1.807, 2.05) is 20.8 Å². The maximum atomic E-state index is 11.9. The average molecular weight is 279 g/mol. The number of esters is 1. The number of carbonyl (C=O) groups is 1. The van der Waals surface area contributed by atoms with E-state index >= 15 is 0 Å². The first-order chi connectivity index (χ1) is 9.49. The minimum Gasteiger partial charge on any atom is -0.464 e. The fraction of sp³-hybridized carbons (Fsp3) is 0.643. The van der Waals surface area contributed by atoms with Crippen molar-refractivity contribution in [3.63, 3.8) is 0 Å². The first-order valence-corrected chi connectivity index (χ1v) is 6.83. The molecule has 20 heavy (non-hydrogen) atoms. The third kappa shape index (κ3) is 2.81. The van der Waals surface area contributed by atoms with Crippen LogP contribution in [0.3, 0.4) is 0 Å². The summed E-state index contributed by atoms with van der Waals surface area (Å²) >= 11 is 0. The highest BCUT2D eigenvalue weighted by Gasteiger charge is 2.30. The number of methoxy groups -OCH3 is 1. The fourth-order valence-electron chi connectivity index (χ4n) is 2.32. The van der Waals surface area contributed by atoms with E-state index in [2.05, 4.69) is 15.3 Å². The lowest BCUT2D eigenvalue weighted by molar-refractivity contribution is -0.0212. The predicted octanol–water partition coefficient (Wildman–Crippen LogP) is 1.18. The first-order valence-electron chi connectivity index (χ1n) is 6.83. The highest BCUT2D eigenvalue weighted by Crippen LogP contribution is 2.25. The van der Waals surface area contributed by atoms with Gasteiger partial charge in [0.15, 0.2) is 11.5 Å². The third-order valence-corrected chi connectivity index (χ3v) is 3.36. The molecule has 6 heteroatoms. The van der Waals surface area contributed by atoms with Crippen LogP contribution in [0, 0.1) is 0 Å². The number of fused-ring (bicyclic) bond motifs is 1. The summed E-state index contributed by atoms with van der Waals surface area (Å²) in [6, 6.07) is 0. The lowest BCUT2D eigenvalue weighted by Crippen LogP contribution is -2.32. The van der Waals surface area contributed by atoms with Gasteiger partial charge in [0, 0.05) is 18.7 Å². The van der Waals surface area contributed by atoms with Gasteiger partial charge in [-0.05, 0) is 33.7 Å².